The van der Waals surface area contributed by atoms with Gasteiger partial charge in [0.1, 0.15) is 4.21 Å². The van der Waals surface area contributed by atoms with Crippen LogP contribution in [0.25, 0.3) is 0 Å². The summed E-state index contributed by atoms with van der Waals surface area (Å²) in [6.07, 6.45) is 1.65. The summed E-state index contributed by atoms with van der Waals surface area (Å²) in [5, 5.41) is 6.61. The van der Waals surface area contributed by atoms with Crippen LogP contribution in [0.2, 0.25) is 0 Å². The van der Waals surface area contributed by atoms with Crippen LogP contribution < -0.4 is 10.6 Å². The molecule has 2 N–H and O–H groups in total. The molecule has 0 saturated carbocycles. The molecule has 0 saturated heterocycles. The Morgan fingerprint density at radius 1 is 1.00 bits per heavy atom. The van der Waals surface area contributed by atoms with Gasteiger partial charge in [-0.2, -0.15) is 4.31 Å². The highest BCUT2D eigenvalue weighted by molar-refractivity contribution is 7.91. The van der Waals surface area contributed by atoms with E-state index in [2.05, 4.69) is 27.8 Å². The first kappa shape index (κ1) is 23.4. The van der Waals surface area contributed by atoms with Gasteiger partial charge in [-0.05, 0) is 31.0 Å². The van der Waals surface area contributed by atoms with Gasteiger partial charge in [0.25, 0.3) is 10.0 Å². The summed E-state index contributed by atoms with van der Waals surface area (Å²) in [6, 6.07) is 14.0. The highest BCUT2D eigenvalue weighted by Gasteiger charge is 2.23. The number of hydrogen-bond acceptors (Lipinski definition) is 4. The number of sulfonamides is 1. The van der Waals surface area contributed by atoms with Crippen molar-refractivity contribution in [1.29, 1.82) is 0 Å². The minimum absolute atomic E-state index is 0.410. The molecule has 0 aliphatic rings. The highest BCUT2D eigenvalue weighted by Crippen LogP contribution is 2.25. The molecule has 1 aromatic heterocycles. The summed E-state index contributed by atoms with van der Waals surface area (Å²) < 4.78 is 27.1. The molecule has 0 unspecified atom stereocenters. The van der Waals surface area contributed by atoms with Crippen molar-refractivity contribution in [2.24, 2.45) is 4.99 Å². The first-order chi connectivity index (χ1) is 14.0. The van der Waals surface area contributed by atoms with E-state index in [4.69, 9.17) is 0 Å². The Morgan fingerprint density at radius 2 is 1.72 bits per heavy atom. The minimum Gasteiger partial charge on any atom is -0.357 e. The molecular weight excluding hydrogens is 404 g/mol. The largest absolute Gasteiger partial charge is 0.357 e. The van der Waals surface area contributed by atoms with Crippen LogP contribution in [0.1, 0.15) is 31.2 Å². The number of hydrogen-bond donors (Lipinski definition) is 2. The molecule has 0 aliphatic heterocycles. The predicted octanol–water partition coefficient (Wildman–Crippen LogP) is 3.12. The van der Waals surface area contributed by atoms with Crippen molar-refractivity contribution in [3.8, 4) is 0 Å². The summed E-state index contributed by atoms with van der Waals surface area (Å²) in [6.45, 7) is 8.93. The second-order valence-corrected chi connectivity index (χ2v) is 9.82. The van der Waals surface area contributed by atoms with Crippen molar-refractivity contribution in [3.63, 3.8) is 0 Å². The molecule has 0 spiro atoms. The number of benzene rings is 1. The summed E-state index contributed by atoms with van der Waals surface area (Å²) in [5.41, 5.74) is 1.29. The number of rotatable bonds is 11. The maximum Gasteiger partial charge on any atom is 0.252 e. The molecule has 0 amide bonds. The van der Waals surface area contributed by atoms with Gasteiger partial charge >= 0.3 is 0 Å². The lowest BCUT2D eigenvalue weighted by Gasteiger charge is -2.16. The lowest BCUT2D eigenvalue weighted by Crippen LogP contribution is -2.38. The zero-order chi connectivity index (χ0) is 21.1. The summed E-state index contributed by atoms with van der Waals surface area (Å²) in [7, 11) is -3.38. The van der Waals surface area contributed by atoms with E-state index in [9.17, 15) is 8.42 Å². The average Bonchev–Trinajstić information content (AvgIpc) is 3.19. The van der Waals surface area contributed by atoms with Crippen molar-refractivity contribution in [1.82, 2.24) is 14.9 Å². The Hall–Kier alpha value is -1.90. The number of nitrogens with one attached hydrogen (secondary N) is 2. The third kappa shape index (κ3) is 7.13. The molecule has 1 heterocycles. The van der Waals surface area contributed by atoms with Gasteiger partial charge in [0.2, 0.25) is 0 Å². The Labute approximate surface area is 179 Å². The van der Waals surface area contributed by atoms with Gasteiger partial charge in [0.05, 0.1) is 0 Å². The second-order valence-electron chi connectivity index (χ2n) is 6.48. The zero-order valence-electron chi connectivity index (χ0n) is 17.5. The van der Waals surface area contributed by atoms with Gasteiger partial charge in [-0.3, -0.25) is 4.99 Å². The fourth-order valence-electron chi connectivity index (χ4n) is 2.91. The fraction of sp³-hybridized carbons (Fsp3) is 0.476. The Bertz CT molecular complexity index is 860. The molecule has 0 bridgehead atoms. The standard InChI is InChI=1S/C21H32N4O2S2/c1-4-22-21(23-16-14-18-10-8-7-9-11-18)24-17-15-19-12-13-20(28-19)29(26,27)25(5-2)6-3/h7-13H,4-6,14-17H2,1-3H3,(H2,22,23,24). The predicted molar refractivity (Wildman–Crippen MR) is 122 cm³/mol. The molecule has 29 heavy (non-hydrogen) atoms. The summed E-state index contributed by atoms with van der Waals surface area (Å²) in [4.78, 5) is 5.65. The Morgan fingerprint density at radius 3 is 2.38 bits per heavy atom. The number of guanidine groups is 1. The van der Waals surface area contributed by atoms with Crippen molar-refractivity contribution in [3.05, 3.63) is 52.9 Å². The van der Waals surface area contributed by atoms with Gasteiger partial charge in [-0.15, -0.1) is 11.3 Å². The Balaban J connectivity index is 1.89. The number of aliphatic imine (C=N–C) groups is 1. The molecule has 2 rings (SSSR count). The maximum atomic E-state index is 12.6. The van der Waals surface area contributed by atoms with Gasteiger partial charge in [0, 0.05) is 44.0 Å². The van der Waals surface area contributed by atoms with E-state index in [-0.39, 0.29) is 0 Å². The zero-order valence-corrected chi connectivity index (χ0v) is 19.2. The molecule has 6 nitrogen and oxygen atoms in total. The van der Waals surface area contributed by atoms with Crippen LogP contribution in [0.15, 0.2) is 51.7 Å². The van der Waals surface area contributed by atoms with Crippen LogP contribution in [-0.4, -0.2) is 51.4 Å². The van der Waals surface area contributed by atoms with Crippen molar-refractivity contribution < 1.29 is 8.42 Å². The van der Waals surface area contributed by atoms with Gasteiger partial charge in [0.15, 0.2) is 5.96 Å². The number of nitrogens with zero attached hydrogens (tertiary/aromatic N) is 2. The lowest BCUT2D eigenvalue weighted by molar-refractivity contribution is 0.447. The molecule has 0 aliphatic carbocycles. The van der Waals surface area contributed by atoms with Crippen molar-refractivity contribution in [2.45, 2.75) is 37.8 Å². The first-order valence-electron chi connectivity index (χ1n) is 10.2. The van der Waals surface area contributed by atoms with Gasteiger partial charge in [-0.1, -0.05) is 44.2 Å². The second kappa shape index (κ2) is 11.9. The van der Waals surface area contributed by atoms with E-state index in [1.54, 1.807) is 6.07 Å². The molecule has 0 fully saturated rings. The molecule has 0 radical (unpaired) electrons. The minimum atomic E-state index is -3.38. The van der Waals surface area contributed by atoms with Crippen LogP contribution in [-0.2, 0) is 22.9 Å². The topological polar surface area (TPSA) is 73.8 Å². The van der Waals surface area contributed by atoms with Gasteiger partial charge < -0.3 is 10.6 Å². The number of thiophene rings is 1. The van der Waals surface area contributed by atoms with Crippen LogP contribution >= 0.6 is 11.3 Å². The monoisotopic (exact) mass is 436 g/mol. The van der Waals surface area contributed by atoms with E-state index in [1.165, 1.54) is 21.2 Å². The third-order valence-electron chi connectivity index (χ3n) is 4.46. The summed E-state index contributed by atoms with van der Waals surface area (Å²) >= 11 is 1.34. The Kier molecular flexibility index (Phi) is 9.63. The van der Waals surface area contributed by atoms with Crippen molar-refractivity contribution in [2.75, 3.05) is 32.7 Å². The van der Waals surface area contributed by atoms with Crippen LogP contribution in [0.5, 0.6) is 0 Å². The molecule has 0 atom stereocenters. The fourth-order valence-corrected chi connectivity index (χ4v) is 5.87. The highest BCUT2D eigenvalue weighted by atomic mass is 32.2. The van der Waals surface area contributed by atoms with E-state index in [0.29, 0.717) is 30.3 Å². The molecule has 8 heteroatoms. The van der Waals surface area contributed by atoms with E-state index < -0.39 is 10.0 Å². The molecule has 160 valence electrons. The maximum absolute atomic E-state index is 12.6. The first-order valence-corrected chi connectivity index (χ1v) is 12.4. The van der Waals surface area contributed by atoms with Crippen molar-refractivity contribution >= 4 is 27.3 Å². The smallest absolute Gasteiger partial charge is 0.252 e. The van der Waals surface area contributed by atoms with E-state index in [1.807, 2.05) is 45.0 Å². The normalized spacial score (nSPS) is 12.3. The lowest BCUT2D eigenvalue weighted by atomic mass is 10.1. The average molecular weight is 437 g/mol. The quantitative estimate of drug-likeness (QED) is 0.419. The molecular formula is C21H32N4O2S2. The van der Waals surface area contributed by atoms with E-state index in [0.717, 1.165) is 30.3 Å². The molecule has 1 aromatic carbocycles. The van der Waals surface area contributed by atoms with Gasteiger partial charge in [-0.25, -0.2) is 8.42 Å². The SMILES string of the molecule is CCNC(=NCCc1ccc(S(=O)(=O)N(CC)CC)s1)NCCc1ccccc1. The van der Waals surface area contributed by atoms with Crippen LogP contribution in [0, 0.1) is 0 Å². The van der Waals surface area contributed by atoms with Crippen LogP contribution in [0.4, 0.5) is 0 Å². The molecule has 2 aromatic rings. The van der Waals surface area contributed by atoms with E-state index >= 15 is 0 Å². The summed E-state index contributed by atoms with van der Waals surface area (Å²) in [5.74, 6) is 0.788. The third-order valence-corrected chi connectivity index (χ3v) is 8.12. The van der Waals surface area contributed by atoms with Crippen LogP contribution in [0.3, 0.4) is 0 Å².